The molecule has 0 saturated heterocycles. The number of aliphatic carboxylic acids is 1. The number of benzene rings is 1. The van der Waals surface area contributed by atoms with Gasteiger partial charge in [-0.05, 0) is 18.4 Å². The summed E-state index contributed by atoms with van der Waals surface area (Å²) in [7, 11) is 0. The smallest absolute Gasteiger partial charge is 0.320 e. The average molecular weight is 276 g/mol. The Morgan fingerprint density at radius 2 is 1.95 bits per heavy atom. The lowest BCUT2D eigenvalue weighted by atomic mass is 10.0. The van der Waals surface area contributed by atoms with E-state index in [1.54, 1.807) is 24.3 Å². The number of rotatable bonds is 8. The molecule has 1 aromatic rings. The van der Waals surface area contributed by atoms with Gasteiger partial charge < -0.3 is 10.8 Å². The minimum atomic E-state index is -1.02. The van der Waals surface area contributed by atoms with Crippen LogP contribution in [0.5, 0.6) is 0 Å². The number of hydrogen-bond acceptors (Lipinski definition) is 4. The van der Waals surface area contributed by atoms with Crippen molar-refractivity contribution in [1.82, 2.24) is 0 Å². The number of ketones is 1. The molecule has 0 aromatic heterocycles. The Balaban J connectivity index is 2.39. The third-order valence-electron chi connectivity index (χ3n) is 2.84. The monoisotopic (exact) mass is 276 g/mol. The standard InChI is InChI=1S/C13H16N4O3/c14-11(13(19)20)3-1-2-4-12(18)9-5-7-10(8-6-9)16-17-15/h5-8,11H,1-4,14H2,(H,19,20). The summed E-state index contributed by atoms with van der Waals surface area (Å²) in [6.07, 6.45) is 1.89. The fourth-order valence-corrected chi connectivity index (χ4v) is 1.68. The number of carbonyl (C=O) groups is 2. The van der Waals surface area contributed by atoms with E-state index in [2.05, 4.69) is 10.0 Å². The van der Waals surface area contributed by atoms with Gasteiger partial charge in [-0.2, -0.15) is 0 Å². The fourth-order valence-electron chi connectivity index (χ4n) is 1.68. The summed E-state index contributed by atoms with van der Waals surface area (Å²) in [4.78, 5) is 25.0. The van der Waals surface area contributed by atoms with Crippen LogP contribution in [0.2, 0.25) is 0 Å². The van der Waals surface area contributed by atoms with Crippen molar-refractivity contribution in [2.75, 3.05) is 0 Å². The van der Waals surface area contributed by atoms with Crippen LogP contribution in [0.1, 0.15) is 36.0 Å². The molecule has 7 heteroatoms. The summed E-state index contributed by atoms with van der Waals surface area (Å²) in [5.41, 5.74) is 14.6. The molecule has 0 aliphatic carbocycles. The molecule has 1 unspecified atom stereocenters. The van der Waals surface area contributed by atoms with E-state index in [0.717, 1.165) is 0 Å². The van der Waals surface area contributed by atoms with Gasteiger partial charge in [-0.1, -0.05) is 35.8 Å². The molecule has 20 heavy (non-hydrogen) atoms. The first-order valence-corrected chi connectivity index (χ1v) is 6.21. The van der Waals surface area contributed by atoms with Crippen LogP contribution in [-0.2, 0) is 4.79 Å². The number of carboxylic acids is 1. The summed E-state index contributed by atoms with van der Waals surface area (Å²) in [5, 5.41) is 12.0. The quantitative estimate of drug-likeness (QED) is 0.248. The van der Waals surface area contributed by atoms with Gasteiger partial charge in [-0.25, -0.2) is 0 Å². The van der Waals surface area contributed by atoms with Crippen LogP contribution in [0.15, 0.2) is 29.4 Å². The lowest BCUT2D eigenvalue weighted by molar-refractivity contribution is -0.138. The van der Waals surface area contributed by atoms with Crippen molar-refractivity contribution in [2.24, 2.45) is 10.8 Å². The first-order chi connectivity index (χ1) is 9.54. The zero-order valence-corrected chi connectivity index (χ0v) is 10.9. The minimum Gasteiger partial charge on any atom is -0.480 e. The molecule has 0 fully saturated rings. The molecule has 0 saturated carbocycles. The van der Waals surface area contributed by atoms with Gasteiger partial charge in [-0.3, -0.25) is 9.59 Å². The predicted octanol–water partition coefficient (Wildman–Crippen LogP) is 2.78. The van der Waals surface area contributed by atoms with Gasteiger partial charge >= 0.3 is 5.97 Å². The number of hydrogen-bond donors (Lipinski definition) is 2. The number of unbranched alkanes of at least 4 members (excludes halogenated alkanes) is 1. The summed E-state index contributed by atoms with van der Waals surface area (Å²) in [6.45, 7) is 0. The van der Waals surface area contributed by atoms with E-state index in [9.17, 15) is 9.59 Å². The van der Waals surface area contributed by atoms with Crippen LogP contribution < -0.4 is 5.73 Å². The van der Waals surface area contributed by atoms with Crippen molar-refractivity contribution >= 4 is 17.4 Å². The summed E-state index contributed by atoms with van der Waals surface area (Å²) in [5.74, 6) is -1.05. The van der Waals surface area contributed by atoms with E-state index < -0.39 is 12.0 Å². The molecular formula is C13H16N4O3. The zero-order chi connectivity index (χ0) is 15.0. The lowest BCUT2D eigenvalue weighted by Crippen LogP contribution is -2.29. The van der Waals surface area contributed by atoms with Crippen LogP contribution >= 0.6 is 0 Å². The molecule has 0 aliphatic rings. The molecule has 3 N–H and O–H groups in total. The molecule has 0 bridgehead atoms. The lowest BCUT2D eigenvalue weighted by Gasteiger charge is -2.05. The summed E-state index contributed by atoms with van der Waals surface area (Å²) in [6, 6.07) is 5.50. The van der Waals surface area contributed by atoms with Crippen LogP contribution in [0, 0.1) is 0 Å². The third-order valence-corrected chi connectivity index (χ3v) is 2.84. The molecule has 0 spiro atoms. The van der Waals surface area contributed by atoms with Crippen LogP contribution in [0.25, 0.3) is 10.4 Å². The Kier molecular flexibility index (Phi) is 6.22. The van der Waals surface area contributed by atoms with Gasteiger partial charge in [0.2, 0.25) is 0 Å². The molecule has 106 valence electrons. The Hall–Kier alpha value is -2.37. The second kappa shape index (κ2) is 7.93. The molecule has 0 radical (unpaired) electrons. The van der Waals surface area contributed by atoms with Crippen molar-refractivity contribution in [1.29, 1.82) is 0 Å². The number of nitrogens with two attached hydrogens (primary N) is 1. The van der Waals surface area contributed by atoms with Gasteiger partial charge in [0.1, 0.15) is 6.04 Å². The maximum Gasteiger partial charge on any atom is 0.320 e. The highest BCUT2D eigenvalue weighted by molar-refractivity contribution is 5.96. The number of azide groups is 1. The van der Waals surface area contributed by atoms with Crippen molar-refractivity contribution in [3.63, 3.8) is 0 Å². The summed E-state index contributed by atoms with van der Waals surface area (Å²) >= 11 is 0. The maximum absolute atomic E-state index is 11.8. The van der Waals surface area contributed by atoms with Gasteiger partial charge in [0.25, 0.3) is 0 Å². The Morgan fingerprint density at radius 3 is 2.50 bits per heavy atom. The van der Waals surface area contributed by atoms with Crippen molar-refractivity contribution < 1.29 is 14.7 Å². The summed E-state index contributed by atoms with van der Waals surface area (Å²) < 4.78 is 0. The number of nitrogens with zero attached hydrogens (tertiary/aromatic N) is 3. The van der Waals surface area contributed by atoms with E-state index in [0.29, 0.717) is 36.9 Å². The van der Waals surface area contributed by atoms with E-state index in [4.69, 9.17) is 16.4 Å². The highest BCUT2D eigenvalue weighted by atomic mass is 16.4. The highest BCUT2D eigenvalue weighted by Gasteiger charge is 2.11. The highest BCUT2D eigenvalue weighted by Crippen LogP contribution is 2.15. The maximum atomic E-state index is 11.8. The number of Topliss-reactive ketones (excluding diaryl/α,β-unsaturated/α-hetero) is 1. The Morgan fingerprint density at radius 1 is 1.30 bits per heavy atom. The molecule has 0 amide bonds. The first-order valence-electron chi connectivity index (χ1n) is 6.21. The second-order valence-electron chi connectivity index (χ2n) is 4.35. The third kappa shape index (κ3) is 5.09. The van der Waals surface area contributed by atoms with Crippen LogP contribution in [0.4, 0.5) is 5.69 Å². The van der Waals surface area contributed by atoms with Crippen molar-refractivity contribution in [3.05, 3.63) is 40.3 Å². The van der Waals surface area contributed by atoms with E-state index in [1.807, 2.05) is 0 Å². The molecule has 1 aromatic carbocycles. The topological polar surface area (TPSA) is 129 Å². The fraction of sp³-hybridized carbons (Fsp3) is 0.385. The van der Waals surface area contributed by atoms with Crippen molar-refractivity contribution in [3.8, 4) is 0 Å². The number of carbonyl (C=O) groups excluding carboxylic acids is 1. The zero-order valence-electron chi connectivity index (χ0n) is 10.9. The average Bonchev–Trinajstić information content (AvgIpc) is 2.44. The van der Waals surface area contributed by atoms with Gasteiger partial charge in [0.05, 0.1) is 0 Å². The Bertz CT molecular complexity index is 521. The molecular weight excluding hydrogens is 260 g/mol. The van der Waals surface area contributed by atoms with E-state index >= 15 is 0 Å². The van der Waals surface area contributed by atoms with E-state index in [1.165, 1.54) is 0 Å². The van der Waals surface area contributed by atoms with Crippen LogP contribution in [0.3, 0.4) is 0 Å². The van der Waals surface area contributed by atoms with Crippen molar-refractivity contribution in [2.45, 2.75) is 31.7 Å². The largest absolute Gasteiger partial charge is 0.480 e. The second-order valence-corrected chi connectivity index (χ2v) is 4.35. The first kappa shape index (κ1) is 15.7. The molecule has 0 heterocycles. The normalized spacial score (nSPS) is 11.4. The van der Waals surface area contributed by atoms with Gasteiger partial charge in [0.15, 0.2) is 5.78 Å². The minimum absolute atomic E-state index is 0.0265. The predicted molar refractivity (Wildman–Crippen MR) is 73.7 cm³/mol. The molecule has 0 aliphatic heterocycles. The Labute approximate surface area is 116 Å². The molecule has 7 nitrogen and oxygen atoms in total. The van der Waals surface area contributed by atoms with E-state index in [-0.39, 0.29) is 5.78 Å². The van der Waals surface area contributed by atoms with Crippen LogP contribution in [-0.4, -0.2) is 22.9 Å². The molecule has 1 atom stereocenters. The van der Waals surface area contributed by atoms with Gasteiger partial charge in [0, 0.05) is 22.6 Å². The van der Waals surface area contributed by atoms with Gasteiger partial charge in [-0.15, -0.1) is 0 Å². The molecule has 1 rings (SSSR count). The number of carboxylic acid groups (broad SMARTS) is 1. The SMILES string of the molecule is [N-]=[N+]=Nc1ccc(C(=O)CCCCC(N)C(=O)O)cc1.